The van der Waals surface area contributed by atoms with E-state index >= 15 is 0 Å². The molecule has 0 bridgehead atoms. The van der Waals surface area contributed by atoms with Crippen LogP contribution in [0.4, 0.5) is 10.1 Å². The first kappa shape index (κ1) is 20.1. The second kappa shape index (κ2) is 9.06. The third-order valence-corrected chi connectivity index (χ3v) is 5.26. The first-order valence-electron chi connectivity index (χ1n) is 8.90. The molecule has 0 atom stereocenters. The summed E-state index contributed by atoms with van der Waals surface area (Å²) in [6, 6.07) is 16.7. The Morgan fingerprint density at radius 3 is 2.67 bits per heavy atom. The quantitative estimate of drug-likeness (QED) is 0.435. The zero-order valence-electron chi connectivity index (χ0n) is 15.5. The normalized spacial score (nSPS) is 10.7. The molecule has 0 unspecified atom stereocenters. The van der Waals surface area contributed by atoms with Crippen LogP contribution < -0.4 is 5.32 Å². The molecular formula is C21H15ClFN5OS. The van der Waals surface area contributed by atoms with Gasteiger partial charge in [0, 0.05) is 34.4 Å². The van der Waals surface area contributed by atoms with Crippen molar-refractivity contribution in [1.82, 2.24) is 19.7 Å². The number of aromatic nitrogens is 4. The largest absolute Gasteiger partial charge is 0.325 e. The number of benzene rings is 2. The molecule has 0 saturated heterocycles. The second-order valence-electron chi connectivity index (χ2n) is 6.21. The van der Waals surface area contributed by atoms with Gasteiger partial charge >= 0.3 is 0 Å². The monoisotopic (exact) mass is 439 g/mol. The highest BCUT2D eigenvalue weighted by Crippen LogP contribution is 2.28. The Labute approximate surface area is 181 Å². The Hall–Kier alpha value is -3.23. The van der Waals surface area contributed by atoms with Crippen LogP contribution in [0, 0.1) is 5.82 Å². The summed E-state index contributed by atoms with van der Waals surface area (Å²) in [4.78, 5) is 16.5. The van der Waals surface area contributed by atoms with E-state index in [1.54, 1.807) is 30.6 Å². The van der Waals surface area contributed by atoms with Crippen LogP contribution in [0.2, 0.25) is 5.02 Å². The molecule has 0 aliphatic heterocycles. The molecule has 2 aromatic carbocycles. The van der Waals surface area contributed by atoms with Crippen LogP contribution in [-0.4, -0.2) is 31.4 Å². The Balaban J connectivity index is 1.59. The van der Waals surface area contributed by atoms with Crippen molar-refractivity contribution in [2.75, 3.05) is 11.1 Å². The van der Waals surface area contributed by atoms with Crippen molar-refractivity contribution < 1.29 is 9.18 Å². The van der Waals surface area contributed by atoms with Gasteiger partial charge in [0.25, 0.3) is 0 Å². The summed E-state index contributed by atoms with van der Waals surface area (Å²) in [7, 11) is 0. The van der Waals surface area contributed by atoms with Gasteiger partial charge in [-0.15, -0.1) is 10.2 Å². The average molecular weight is 440 g/mol. The fourth-order valence-corrected chi connectivity index (χ4v) is 3.64. The lowest BCUT2D eigenvalue weighted by Gasteiger charge is -2.10. The number of carbonyl (C=O) groups is 1. The number of thioether (sulfide) groups is 1. The van der Waals surface area contributed by atoms with E-state index in [9.17, 15) is 9.18 Å². The third-order valence-electron chi connectivity index (χ3n) is 4.08. The van der Waals surface area contributed by atoms with Gasteiger partial charge in [0.1, 0.15) is 5.82 Å². The van der Waals surface area contributed by atoms with Gasteiger partial charge in [-0.05, 0) is 54.6 Å². The van der Waals surface area contributed by atoms with Crippen LogP contribution in [0.1, 0.15) is 0 Å². The Kier molecular flexibility index (Phi) is 6.06. The molecule has 9 heteroatoms. The molecule has 0 spiro atoms. The molecule has 0 fully saturated rings. The summed E-state index contributed by atoms with van der Waals surface area (Å²) in [5.41, 5.74) is 1.99. The summed E-state index contributed by atoms with van der Waals surface area (Å²) in [6.07, 6.45) is 3.38. The van der Waals surface area contributed by atoms with Gasteiger partial charge in [0.15, 0.2) is 11.0 Å². The number of nitrogens with zero attached hydrogens (tertiary/aromatic N) is 4. The third kappa shape index (κ3) is 4.67. The van der Waals surface area contributed by atoms with Gasteiger partial charge in [-0.25, -0.2) is 4.39 Å². The van der Waals surface area contributed by atoms with Crippen LogP contribution in [0.15, 0.2) is 78.2 Å². The van der Waals surface area contributed by atoms with Gasteiger partial charge in [-0.1, -0.05) is 29.4 Å². The molecule has 30 heavy (non-hydrogen) atoms. The lowest BCUT2D eigenvalue weighted by atomic mass is 10.2. The van der Waals surface area contributed by atoms with E-state index in [4.69, 9.17) is 11.6 Å². The van der Waals surface area contributed by atoms with Crippen LogP contribution >= 0.6 is 23.4 Å². The van der Waals surface area contributed by atoms with Crippen molar-refractivity contribution in [3.05, 3.63) is 83.9 Å². The van der Waals surface area contributed by atoms with Gasteiger partial charge in [-0.2, -0.15) is 0 Å². The van der Waals surface area contributed by atoms with Crippen molar-refractivity contribution in [2.45, 2.75) is 5.16 Å². The number of anilines is 1. The average Bonchev–Trinajstić information content (AvgIpc) is 3.17. The van der Waals surface area contributed by atoms with Gasteiger partial charge in [0.2, 0.25) is 5.91 Å². The first-order valence-corrected chi connectivity index (χ1v) is 10.3. The van der Waals surface area contributed by atoms with Crippen LogP contribution in [-0.2, 0) is 4.79 Å². The van der Waals surface area contributed by atoms with E-state index in [-0.39, 0.29) is 11.7 Å². The number of halogens is 2. The SMILES string of the molecule is O=C(CSc1nnc(-c2cccnc2)n1-c1ccc(Cl)cc1)Nc1cccc(F)c1. The smallest absolute Gasteiger partial charge is 0.234 e. The van der Waals surface area contributed by atoms with E-state index in [2.05, 4.69) is 20.5 Å². The topological polar surface area (TPSA) is 72.7 Å². The van der Waals surface area contributed by atoms with Crippen molar-refractivity contribution >= 4 is 35.0 Å². The van der Waals surface area contributed by atoms with Crippen LogP contribution in [0.3, 0.4) is 0 Å². The standard InChI is InChI=1S/C21H15ClFN5OS/c22-15-6-8-18(9-7-15)28-20(14-3-2-10-24-12-14)26-27-21(28)30-13-19(29)25-17-5-1-4-16(23)11-17/h1-12H,13H2,(H,25,29). The van der Waals surface area contributed by atoms with E-state index in [1.165, 1.54) is 30.0 Å². The highest BCUT2D eigenvalue weighted by molar-refractivity contribution is 7.99. The molecule has 1 amide bonds. The summed E-state index contributed by atoms with van der Waals surface area (Å²) < 4.78 is 15.1. The Morgan fingerprint density at radius 2 is 1.93 bits per heavy atom. The van der Waals surface area contributed by atoms with Crippen molar-refractivity contribution in [2.24, 2.45) is 0 Å². The highest BCUT2D eigenvalue weighted by atomic mass is 35.5. The molecule has 0 aliphatic rings. The zero-order chi connectivity index (χ0) is 20.9. The number of hydrogen-bond acceptors (Lipinski definition) is 5. The van der Waals surface area contributed by atoms with Crippen LogP contribution in [0.5, 0.6) is 0 Å². The molecule has 6 nitrogen and oxygen atoms in total. The Bertz CT molecular complexity index is 1170. The van der Waals surface area contributed by atoms with E-state index in [0.717, 1.165) is 11.3 Å². The molecule has 150 valence electrons. The lowest BCUT2D eigenvalue weighted by molar-refractivity contribution is -0.113. The molecule has 2 heterocycles. The number of carbonyl (C=O) groups excluding carboxylic acids is 1. The minimum absolute atomic E-state index is 0.0786. The van der Waals surface area contributed by atoms with Gasteiger partial charge < -0.3 is 5.32 Å². The number of pyridine rings is 1. The molecule has 1 N–H and O–H groups in total. The maximum atomic E-state index is 13.3. The number of nitrogens with one attached hydrogen (secondary N) is 1. The minimum atomic E-state index is -0.413. The molecule has 4 aromatic rings. The molecule has 4 rings (SSSR count). The van der Waals surface area contributed by atoms with E-state index < -0.39 is 5.82 Å². The summed E-state index contributed by atoms with van der Waals surface area (Å²) in [5.74, 6) is -0.0170. The maximum Gasteiger partial charge on any atom is 0.234 e. The van der Waals surface area contributed by atoms with Crippen molar-refractivity contribution in [3.63, 3.8) is 0 Å². The molecular weight excluding hydrogens is 425 g/mol. The van der Waals surface area contributed by atoms with Gasteiger partial charge in [0.05, 0.1) is 5.75 Å². The molecule has 2 aromatic heterocycles. The lowest BCUT2D eigenvalue weighted by Crippen LogP contribution is -2.14. The van der Waals surface area contributed by atoms with Gasteiger partial charge in [-0.3, -0.25) is 14.3 Å². The highest BCUT2D eigenvalue weighted by Gasteiger charge is 2.17. The summed E-state index contributed by atoms with van der Waals surface area (Å²) >= 11 is 7.25. The van der Waals surface area contributed by atoms with E-state index in [0.29, 0.717) is 21.7 Å². The minimum Gasteiger partial charge on any atom is -0.325 e. The molecule has 0 radical (unpaired) electrons. The number of amides is 1. The fraction of sp³-hybridized carbons (Fsp3) is 0.0476. The van der Waals surface area contributed by atoms with E-state index in [1.807, 2.05) is 28.8 Å². The zero-order valence-corrected chi connectivity index (χ0v) is 17.1. The fourth-order valence-electron chi connectivity index (χ4n) is 2.76. The molecule has 0 aliphatic carbocycles. The summed E-state index contributed by atoms with van der Waals surface area (Å²) in [5, 5.41) is 12.4. The summed E-state index contributed by atoms with van der Waals surface area (Å²) in [6.45, 7) is 0. The Morgan fingerprint density at radius 1 is 1.10 bits per heavy atom. The number of rotatable bonds is 6. The van der Waals surface area contributed by atoms with Crippen molar-refractivity contribution in [1.29, 1.82) is 0 Å². The maximum absolute atomic E-state index is 13.3. The molecule has 0 saturated carbocycles. The van der Waals surface area contributed by atoms with Crippen molar-refractivity contribution in [3.8, 4) is 17.1 Å². The predicted octanol–water partition coefficient (Wildman–Crippen LogP) is 4.85. The predicted molar refractivity (Wildman–Crippen MR) is 115 cm³/mol. The second-order valence-corrected chi connectivity index (χ2v) is 7.59. The van der Waals surface area contributed by atoms with Crippen LogP contribution in [0.25, 0.3) is 17.1 Å². The number of hydrogen-bond donors (Lipinski definition) is 1. The first-order chi connectivity index (χ1) is 14.6.